The van der Waals surface area contributed by atoms with Crippen molar-refractivity contribution in [1.29, 1.82) is 0 Å². The number of halogens is 1. The van der Waals surface area contributed by atoms with Gasteiger partial charge in [0.1, 0.15) is 0 Å². The Bertz CT molecular complexity index is 824. The first-order valence-corrected chi connectivity index (χ1v) is 5.32. The Morgan fingerprint density at radius 3 is 2.60 bits per heavy atom. The number of nitro benzene ring substituents is 1. The van der Waals surface area contributed by atoms with E-state index in [2.05, 4.69) is 0 Å². The van der Waals surface area contributed by atoms with Gasteiger partial charge in [0.25, 0.3) is 11.2 Å². The van der Waals surface area contributed by atoms with E-state index in [0.29, 0.717) is 10.6 Å². The van der Waals surface area contributed by atoms with E-state index in [0.717, 1.165) is 12.1 Å². The maximum absolute atomic E-state index is 13.8. The summed E-state index contributed by atoms with van der Waals surface area (Å²) in [7, 11) is 0. The van der Waals surface area contributed by atoms with Gasteiger partial charge in [0.05, 0.1) is 22.2 Å². The average Bonchev–Trinajstić information content (AvgIpc) is 2.37. The van der Waals surface area contributed by atoms with Crippen LogP contribution in [0.2, 0.25) is 0 Å². The molecule has 1 aromatic heterocycles. The molecular weight excluding hydrogens is 273 g/mol. The number of aromatic amines is 1. The molecule has 0 spiro atoms. The van der Waals surface area contributed by atoms with Crippen molar-refractivity contribution in [2.45, 2.75) is 6.92 Å². The molecule has 20 heavy (non-hydrogen) atoms. The molecule has 0 atom stereocenters. The number of non-ortho nitro benzene ring substituents is 1. The molecule has 2 aromatic rings. The minimum Gasteiger partial charge on any atom is -0.494 e. The number of nitrogens with zero attached hydrogens (tertiary/aromatic N) is 2. The third-order valence-corrected chi connectivity index (χ3v) is 2.69. The highest BCUT2D eigenvalue weighted by Gasteiger charge is 2.17. The van der Waals surface area contributed by atoms with Crippen LogP contribution in [0.25, 0.3) is 5.69 Å². The fraction of sp³-hybridized carbons (Fsp3) is 0.0909. The summed E-state index contributed by atoms with van der Waals surface area (Å²) < 4.78 is 14.3. The molecule has 2 rings (SSSR count). The largest absolute Gasteiger partial charge is 0.494 e. The Hall–Kier alpha value is -2.97. The Morgan fingerprint density at radius 2 is 2.05 bits per heavy atom. The molecule has 0 saturated heterocycles. The highest BCUT2D eigenvalue weighted by molar-refractivity contribution is 5.44. The quantitative estimate of drug-likeness (QED) is 0.616. The van der Waals surface area contributed by atoms with Crippen molar-refractivity contribution < 1.29 is 14.4 Å². The van der Waals surface area contributed by atoms with Crippen LogP contribution < -0.4 is 11.2 Å². The molecule has 0 fully saturated rings. The van der Waals surface area contributed by atoms with E-state index in [-0.39, 0.29) is 5.56 Å². The molecule has 104 valence electrons. The van der Waals surface area contributed by atoms with Crippen molar-refractivity contribution in [3.63, 3.8) is 0 Å². The molecule has 0 saturated carbocycles. The summed E-state index contributed by atoms with van der Waals surface area (Å²) in [6.07, 6.45) is 0. The molecule has 0 aliphatic rings. The number of nitro groups is 1. The van der Waals surface area contributed by atoms with E-state index in [9.17, 15) is 29.2 Å². The average molecular weight is 281 g/mol. The third-order valence-electron chi connectivity index (χ3n) is 2.69. The van der Waals surface area contributed by atoms with Gasteiger partial charge in [-0.25, -0.2) is 13.8 Å². The summed E-state index contributed by atoms with van der Waals surface area (Å²) in [5.41, 5.74) is -2.93. The van der Waals surface area contributed by atoms with Crippen molar-refractivity contribution in [2.24, 2.45) is 0 Å². The lowest BCUT2D eigenvalue weighted by molar-refractivity contribution is -0.385. The Balaban J connectivity index is 2.76. The van der Waals surface area contributed by atoms with Crippen LogP contribution in [0.3, 0.4) is 0 Å². The number of H-pyrrole nitrogens is 1. The molecule has 0 aliphatic heterocycles. The smallest absolute Gasteiger partial charge is 0.335 e. The molecule has 1 heterocycles. The van der Waals surface area contributed by atoms with Crippen molar-refractivity contribution in [2.75, 3.05) is 0 Å². The van der Waals surface area contributed by atoms with E-state index in [4.69, 9.17) is 0 Å². The summed E-state index contributed by atoms with van der Waals surface area (Å²) in [5.74, 6) is -1.81. The number of aromatic nitrogens is 2. The zero-order valence-corrected chi connectivity index (χ0v) is 10.1. The molecule has 0 amide bonds. The standard InChI is InChI=1S/C11H8FN3O5/c1-5-9(16)13-11(18)14(10(5)17)8-3-2-6(15(19)20)4-7(8)12/h2-4,17H,1H3,(H,13,16,18). The van der Waals surface area contributed by atoms with Gasteiger partial charge in [-0.2, -0.15) is 0 Å². The molecule has 8 nitrogen and oxygen atoms in total. The SMILES string of the molecule is Cc1c(O)n(-c2ccc([N+](=O)[O-])cc2F)c(=O)[nH]c1=O. The Morgan fingerprint density at radius 1 is 1.40 bits per heavy atom. The highest BCUT2D eigenvalue weighted by atomic mass is 19.1. The predicted octanol–water partition coefficient (Wildman–Crippen LogP) is 0.587. The fourth-order valence-electron chi connectivity index (χ4n) is 1.63. The number of benzene rings is 1. The molecule has 0 unspecified atom stereocenters. The Labute approximate surface area is 109 Å². The van der Waals surface area contributed by atoms with Gasteiger partial charge in [-0.15, -0.1) is 0 Å². The van der Waals surface area contributed by atoms with Crippen molar-refractivity contribution in [3.05, 3.63) is 60.5 Å². The monoisotopic (exact) mass is 281 g/mol. The van der Waals surface area contributed by atoms with Gasteiger partial charge >= 0.3 is 5.69 Å². The fourth-order valence-corrected chi connectivity index (χ4v) is 1.63. The van der Waals surface area contributed by atoms with Crippen LogP contribution in [-0.2, 0) is 0 Å². The lowest BCUT2D eigenvalue weighted by atomic mass is 10.2. The summed E-state index contributed by atoms with van der Waals surface area (Å²) in [4.78, 5) is 34.5. The molecule has 0 radical (unpaired) electrons. The van der Waals surface area contributed by atoms with Crippen LogP contribution in [-0.4, -0.2) is 19.6 Å². The zero-order chi connectivity index (χ0) is 15.0. The van der Waals surface area contributed by atoms with Gasteiger partial charge in [-0.1, -0.05) is 0 Å². The van der Waals surface area contributed by atoms with Gasteiger partial charge < -0.3 is 5.11 Å². The number of hydrogen-bond donors (Lipinski definition) is 2. The minimum absolute atomic E-state index is 0.178. The lowest BCUT2D eigenvalue weighted by Crippen LogP contribution is -2.30. The first-order chi connectivity index (χ1) is 9.32. The number of aromatic hydroxyl groups is 1. The van der Waals surface area contributed by atoms with Crippen molar-refractivity contribution >= 4 is 5.69 Å². The maximum atomic E-state index is 13.8. The van der Waals surface area contributed by atoms with E-state index in [1.54, 1.807) is 0 Å². The minimum atomic E-state index is -1.08. The molecular formula is C11H8FN3O5. The molecule has 0 aliphatic carbocycles. The lowest BCUT2D eigenvalue weighted by Gasteiger charge is -2.10. The number of hydrogen-bond acceptors (Lipinski definition) is 5. The molecule has 2 N–H and O–H groups in total. The Kier molecular flexibility index (Phi) is 3.10. The van der Waals surface area contributed by atoms with Gasteiger partial charge in [-0.3, -0.25) is 19.9 Å². The molecule has 9 heteroatoms. The summed E-state index contributed by atoms with van der Waals surface area (Å²) >= 11 is 0. The maximum Gasteiger partial charge on any atom is 0.335 e. The summed E-state index contributed by atoms with van der Waals surface area (Å²) in [6.45, 7) is 1.24. The summed E-state index contributed by atoms with van der Waals surface area (Å²) in [5, 5.41) is 20.3. The van der Waals surface area contributed by atoms with Crippen LogP contribution in [0.1, 0.15) is 5.56 Å². The van der Waals surface area contributed by atoms with Gasteiger partial charge in [0, 0.05) is 6.07 Å². The van der Waals surface area contributed by atoms with E-state index >= 15 is 0 Å². The second kappa shape index (κ2) is 4.61. The van der Waals surface area contributed by atoms with E-state index in [1.807, 2.05) is 4.98 Å². The van der Waals surface area contributed by atoms with Crippen molar-refractivity contribution in [3.8, 4) is 11.6 Å². The first-order valence-electron chi connectivity index (χ1n) is 5.32. The van der Waals surface area contributed by atoms with E-state index in [1.165, 1.54) is 6.92 Å². The summed E-state index contributed by atoms with van der Waals surface area (Å²) in [6, 6.07) is 2.55. The van der Waals surface area contributed by atoms with Crippen LogP contribution in [0.4, 0.5) is 10.1 Å². The molecule has 1 aromatic carbocycles. The van der Waals surface area contributed by atoms with Crippen LogP contribution >= 0.6 is 0 Å². The topological polar surface area (TPSA) is 118 Å². The van der Waals surface area contributed by atoms with Crippen molar-refractivity contribution in [1.82, 2.24) is 9.55 Å². The second-order valence-electron chi connectivity index (χ2n) is 3.94. The highest BCUT2D eigenvalue weighted by Crippen LogP contribution is 2.22. The second-order valence-corrected chi connectivity index (χ2v) is 3.94. The van der Waals surface area contributed by atoms with Gasteiger partial charge in [0.2, 0.25) is 5.88 Å². The van der Waals surface area contributed by atoms with Crippen LogP contribution in [0.15, 0.2) is 27.8 Å². The third kappa shape index (κ3) is 2.05. The number of rotatable bonds is 2. The van der Waals surface area contributed by atoms with Crippen LogP contribution in [0.5, 0.6) is 5.88 Å². The zero-order valence-electron chi connectivity index (χ0n) is 10.1. The van der Waals surface area contributed by atoms with Crippen LogP contribution in [0, 0.1) is 22.9 Å². The van der Waals surface area contributed by atoms with Gasteiger partial charge in [0.15, 0.2) is 5.82 Å². The normalized spacial score (nSPS) is 10.5. The van der Waals surface area contributed by atoms with Gasteiger partial charge in [-0.05, 0) is 13.0 Å². The van der Waals surface area contributed by atoms with E-state index < -0.39 is 39.2 Å². The molecule has 0 bridgehead atoms. The predicted molar refractivity (Wildman–Crippen MR) is 65.7 cm³/mol. The first kappa shape index (κ1) is 13.5. The number of nitrogens with one attached hydrogen (secondary N) is 1.